The number of pyridine rings is 1. The Morgan fingerprint density at radius 1 is 1.12 bits per heavy atom. The zero-order valence-electron chi connectivity index (χ0n) is 14.0. The Morgan fingerprint density at radius 2 is 2.04 bits per heavy atom. The fourth-order valence-corrected chi connectivity index (χ4v) is 4.24. The van der Waals surface area contributed by atoms with Gasteiger partial charge in [-0.25, -0.2) is 15.4 Å². The predicted molar refractivity (Wildman–Crippen MR) is 90.4 cm³/mol. The summed E-state index contributed by atoms with van der Waals surface area (Å²) in [5.74, 6) is 4.77. The van der Waals surface area contributed by atoms with Crippen LogP contribution in [0.15, 0.2) is 24.4 Å². The summed E-state index contributed by atoms with van der Waals surface area (Å²) in [5, 5.41) is 4.82. The molecule has 24 heavy (non-hydrogen) atoms. The molecule has 6 heteroatoms. The highest BCUT2D eigenvalue weighted by Gasteiger charge is 2.43. The van der Waals surface area contributed by atoms with Crippen molar-refractivity contribution in [3.8, 4) is 5.82 Å². The molecular weight excluding hydrogens is 300 g/mol. The van der Waals surface area contributed by atoms with Gasteiger partial charge in [-0.05, 0) is 56.1 Å². The van der Waals surface area contributed by atoms with E-state index in [0.717, 1.165) is 23.4 Å². The SMILES string of the molecule is CC1CCC2NNC(c3nc(C4CC4)nn3-c3ccccn3)C2C1. The zero-order chi connectivity index (χ0) is 16.1. The average Bonchev–Trinajstić information content (AvgIpc) is 3.24. The summed E-state index contributed by atoms with van der Waals surface area (Å²) in [7, 11) is 0. The van der Waals surface area contributed by atoms with Gasteiger partial charge in [0.05, 0.1) is 6.04 Å². The van der Waals surface area contributed by atoms with E-state index in [1.165, 1.54) is 32.1 Å². The third-order valence-electron chi connectivity index (χ3n) is 5.75. The molecule has 3 fully saturated rings. The van der Waals surface area contributed by atoms with Gasteiger partial charge >= 0.3 is 0 Å². The summed E-state index contributed by atoms with van der Waals surface area (Å²) in [4.78, 5) is 9.46. The molecule has 1 saturated heterocycles. The van der Waals surface area contributed by atoms with E-state index in [4.69, 9.17) is 10.1 Å². The minimum Gasteiger partial charge on any atom is -0.254 e. The Morgan fingerprint density at radius 3 is 2.83 bits per heavy atom. The van der Waals surface area contributed by atoms with E-state index >= 15 is 0 Å². The van der Waals surface area contributed by atoms with Crippen LogP contribution in [0.5, 0.6) is 0 Å². The predicted octanol–water partition coefficient (Wildman–Crippen LogP) is 2.49. The van der Waals surface area contributed by atoms with Gasteiger partial charge in [-0.2, -0.15) is 4.68 Å². The van der Waals surface area contributed by atoms with Crippen molar-refractivity contribution >= 4 is 0 Å². The summed E-state index contributed by atoms with van der Waals surface area (Å²) in [6.07, 6.45) is 8.04. The summed E-state index contributed by atoms with van der Waals surface area (Å²) >= 11 is 0. The number of rotatable bonds is 3. The molecule has 2 aliphatic carbocycles. The Bertz CT molecular complexity index is 722. The lowest BCUT2D eigenvalue weighted by Crippen LogP contribution is -2.34. The number of hydrazine groups is 1. The normalized spacial score (nSPS) is 32.7. The second-order valence-electron chi connectivity index (χ2n) is 7.66. The monoisotopic (exact) mass is 324 g/mol. The Balaban J connectivity index is 1.55. The van der Waals surface area contributed by atoms with Crippen LogP contribution >= 0.6 is 0 Å². The Labute approximate surface area is 142 Å². The molecule has 0 aromatic carbocycles. The van der Waals surface area contributed by atoms with Crippen LogP contribution in [0.3, 0.4) is 0 Å². The first-order valence-electron chi connectivity index (χ1n) is 9.19. The van der Waals surface area contributed by atoms with Gasteiger partial charge in [0.1, 0.15) is 0 Å². The number of fused-ring (bicyclic) bond motifs is 1. The molecule has 2 N–H and O–H groups in total. The van der Waals surface area contributed by atoms with Crippen LogP contribution in [0.25, 0.3) is 5.82 Å². The van der Waals surface area contributed by atoms with Crippen LogP contribution in [0.4, 0.5) is 0 Å². The largest absolute Gasteiger partial charge is 0.254 e. The van der Waals surface area contributed by atoms with E-state index in [0.29, 0.717) is 17.9 Å². The minimum atomic E-state index is 0.208. The fourth-order valence-electron chi connectivity index (χ4n) is 4.24. The Kier molecular flexibility index (Phi) is 3.41. The second kappa shape index (κ2) is 5.63. The van der Waals surface area contributed by atoms with Crippen LogP contribution in [0, 0.1) is 11.8 Å². The molecule has 0 spiro atoms. The van der Waals surface area contributed by atoms with Gasteiger partial charge in [-0.3, -0.25) is 5.43 Å². The lowest BCUT2D eigenvalue weighted by Gasteiger charge is -2.30. The maximum atomic E-state index is 4.96. The maximum Gasteiger partial charge on any atom is 0.155 e. The van der Waals surface area contributed by atoms with Gasteiger partial charge in [0.2, 0.25) is 0 Å². The lowest BCUT2D eigenvalue weighted by atomic mass is 9.76. The highest BCUT2D eigenvalue weighted by atomic mass is 15.5. The van der Waals surface area contributed by atoms with E-state index < -0.39 is 0 Å². The molecule has 5 rings (SSSR count). The summed E-state index contributed by atoms with van der Waals surface area (Å²) in [6, 6.07) is 6.72. The van der Waals surface area contributed by atoms with E-state index in [1.807, 2.05) is 29.1 Å². The number of hydrogen-bond donors (Lipinski definition) is 2. The standard InChI is InChI=1S/C18H24N6/c1-11-5-8-14-13(10-11)16(22-21-14)18-20-17(12-6-7-12)23-24(18)15-4-2-3-9-19-15/h2-4,9,11-14,16,21-22H,5-8,10H2,1H3. The van der Waals surface area contributed by atoms with Crippen LogP contribution in [-0.4, -0.2) is 25.8 Å². The smallest absolute Gasteiger partial charge is 0.155 e. The second-order valence-corrected chi connectivity index (χ2v) is 7.66. The van der Waals surface area contributed by atoms with E-state index in [1.54, 1.807) is 0 Å². The number of hydrogen-bond acceptors (Lipinski definition) is 5. The Hall–Kier alpha value is -1.79. The third-order valence-corrected chi connectivity index (χ3v) is 5.75. The van der Waals surface area contributed by atoms with Crippen molar-refractivity contribution in [3.05, 3.63) is 36.0 Å². The molecule has 3 heterocycles. The van der Waals surface area contributed by atoms with Gasteiger partial charge in [-0.15, -0.1) is 5.10 Å². The van der Waals surface area contributed by atoms with Crippen LogP contribution in [0.1, 0.15) is 62.6 Å². The van der Waals surface area contributed by atoms with Crippen LogP contribution in [-0.2, 0) is 0 Å². The fraction of sp³-hybridized carbons (Fsp3) is 0.611. The van der Waals surface area contributed by atoms with E-state index in [-0.39, 0.29) is 6.04 Å². The number of nitrogens with zero attached hydrogens (tertiary/aromatic N) is 4. The molecular formula is C18H24N6. The molecule has 1 aliphatic heterocycles. The molecule has 2 saturated carbocycles. The lowest BCUT2D eigenvalue weighted by molar-refractivity contribution is 0.241. The first-order chi connectivity index (χ1) is 11.8. The molecule has 2 aromatic rings. The minimum absolute atomic E-state index is 0.208. The van der Waals surface area contributed by atoms with E-state index in [2.05, 4.69) is 22.8 Å². The summed E-state index contributed by atoms with van der Waals surface area (Å²) < 4.78 is 1.97. The molecule has 126 valence electrons. The molecule has 3 aliphatic rings. The molecule has 0 amide bonds. The van der Waals surface area contributed by atoms with Crippen molar-refractivity contribution in [3.63, 3.8) is 0 Å². The topological polar surface area (TPSA) is 67.7 Å². The van der Waals surface area contributed by atoms with Crippen LogP contribution in [0.2, 0.25) is 0 Å². The van der Waals surface area contributed by atoms with Crippen LogP contribution < -0.4 is 10.9 Å². The molecule has 0 radical (unpaired) electrons. The van der Waals surface area contributed by atoms with Crippen molar-refractivity contribution in [1.29, 1.82) is 0 Å². The van der Waals surface area contributed by atoms with Crippen molar-refractivity contribution in [2.75, 3.05) is 0 Å². The maximum absolute atomic E-state index is 4.96. The van der Waals surface area contributed by atoms with Crippen molar-refractivity contribution in [1.82, 2.24) is 30.6 Å². The van der Waals surface area contributed by atoms with Crippen molar-refractivity contribution < 1.29 is 0 Å². The summed E-state index contributed by atoms with van der Waals surface area (Å²) in [6.45, 7) is 2.37. The van der Waals surface area contributed by atoms with Crippen molar-refractivity contribution in [2.24, 2.45) is 11.8 Å². The first-order valence-corrected chi connectivity index (χ1v) is 9.19. The van der Waals surface area contributed by atoms with Gasteiger partial charge in [-0.1, -0.05) is 13.0 Å². The first kappa shape index (κ1) is 14.5. The molecule has 2 aromatic heterocycles. The molecule has 6 nitrogen and oxygen atoms in total. The quantitative estimate of drug-likeness (QED) is 0.908. The van der Waals surface area contributed by atoms with E-state index in [9.17, 15) is 0 Å². The number of aromatic nitrogens is 4. The van der Waals surface area contributed by atoms with Gasteiger partial charge < -0.3 is 0 Å². The van der Waals surface area contributed by atoms with Gasteiger partial charge in [0.15, 0.2) is 17.5 Å². The third kappa shape index (κ3) is 2.45. The van der Waals surface area contributed by atoms with Crippen molar-refractivity contribution in [2.45, 2.75) is 57.0 Å². The molecule has 4 unspecified atom stereocenters. The van der Waals surface area contributed by atoms with Gasteiger partial charge in [0, 0.05) is 18.2 Å². The molecule has 0 bridgehead atoms. The zero-order valence-corrected chi connectivity index (χ0v) is 14.0. The van der Waals surface area contributed by atoms with Gasteiger partial charge in [0.25, 0.3) is 0 Å². The number of nitrogens with one attached hydrogen (secondary N) is 2. The highest BCUT2D eigenvalue weighted by molar-refractivity contribution is 5.25. The summed E-state index contributed by atoms with van der Waals surface area (Å²) in [5.41, 5.74) is 7.03. The highest BCUT2D eigenvalue weighted by Crippen LogP contribution is 2.42. The molecule has 4 atom stereocenters. The average molecular weight is 324 g/mol.